The minimum Gasteiger partial charge on any atom is -0.494 e. The maximum Gasteiger partial charge on any atom is 0.148 e. The topological polar surface area (TPSA) is 84.0 Å². The number of nitrogens with two attached hydrogens (primary N) is 1. The molecule has 0 amide bonds. The Kier molecular flexibility index (Phi) is 4.40. The summed E-state index contributed by atoms with van der Waals surface area (Å²) in [4.78, 5) is 4.13. The number of hydrogen-bond donors (Lipinski definition) is 2. The zero-order chi connectivity index (χ0) is 14.4. The van der Waals surface area contributed by atoms with Gasteiger partial charge in [-0.2, -0.15) is 5.26 Å². The molecule has 0 aliphatic rings. The first-order valence-corrected chi connectivity index (χ1v) is 6.38. The van der Waals surface area contributed by atoms with Crippen molar-refractivity contribution >= 4 is 17.2 Å². The van der Waals surface area contributed by atoms with Crippen LogP contribution in [0, 0.1) is 11.3 Å². The van der Waals surface area contributed by atoms with Gasteiger partial charge in [-0.3, -0.25) is 0 Å². The van der Waals surface area contributed by atoms with Crippen LogP contribution in [0.4, 0.5) is 17.2 Å². The van der Waals surface area contributed by atoms with Crippen molar-refractivity contribution in [3.8, 4) is 11.8 Å². The van der Waals surface area contributed by atoms with Crippen molar-refractivity contribution in [1.82, 2.24) is 4.98 Å². The van der Waals surface area contributed by atoms with Crippen molar-refractivity contribution in [3.05, 3.63) is 42.1 Å². The molecule has 0 atom stereocenters. The highest BCUT2D eigenvalue weighted by atomic mass is 16.5. The molecule has 0 spiro atoms. The summed E-state index contributed by atoms with van der Waals surface area (Å²) in [5, 5.41) is 12.1. The molecule has 1 aromatic carbocycles. The predicted octanol–water partition coefficient (Wildman–Crippen LogP) is 3.07. The van der Waals surface area contributed by atoms with E-state index < -0.39 is 0 Å². The number of anilines is 3. The highest BCUT2D eigenvalue weighted by Gasteiger charge is 2.04. The van der Waals surface area contributed by atoms with E-state index >= 15 is 0 Å². The Labute approximate surface area is 118 Å². The number of nitrogen functional groups attached to an aromatic ring is 1. The molecule has 5 heteroatoms. The lowest BCUT2D eigenvalue weighted by molar-refractivity contribution is 0.317. The zero-order valence-electron chi connectivity index (χ0n) is 11.3. The van der Waals surface area contributed by atoms with E-state index in [1.807, 2.05) is 24.3 Å². The van der Waals surface area contributed by atoms with Crippen LogP contribution in [0.3, 0.4) is 0 Å². The molecule has 20 heavy (non-hydrogen) atoms. The minimum atomic E-state index is 0.413. The number of nitriles is 1. The molecule has 0 saturated carbocycles. The molecule has 0 bridgehead atoms. The molecule has 0 aliphatic carbocycles. The van der Waals surface area contributed by atoms with Gasteiger partial charge in [-0.25, -0.2) is 4.98 Å². The summed E-state index contributed by atoms with van der Waals surface area (Å²) in [5.74, 6) is 1.31. The lowest BCUT2D eigenvalue weighted by Crippen LogP contribution is -1.99. The van der Waals surface area contributed by atoms with Crippen molar-refractivity contribution in [2.75, 3.05) is 17.7 Å². The molecule has 0 radical (unpaired) electrons. The first-order valence-electron chi connectivity index (χ1n) is 6.38. The van der Waals surface area contributed by atoms with E-state index in [0.29, 0.717) is 23.7 Å². The molecule has 102 valence electrons. The van der Waals surface area contributed by atoms with Crippen LogP contribution < -0.4 is 15.8 Å². The fourth-order valence-electron chi connectivity index (χ4n) is 1.66. The summed E-state index contributed by atoms with van der Waals surface area (Å²) in [6.45, 7) is 2.76. The van der Waals surface area contributed by atoms with Crippen molar-refractivity contribution in [2.24, 2.45) is 0 Å². The summed E-state index contributed by atoms with van der Waals surface area (Å²) in [6, 6.07) is 11.2. The molecular weight excluding hydrogens is 252 g/mol. The Morgan fingerprint density at radius 1 is 1.35 bits per heavy atom. The van der Waals surface area contributed by atoms with Gasteiger partial charge in [-0.1, -0.05) is 6.92 Å². The SMILES string of the molecule is CCCOc1ccc(Nc2ncc(N)cc2C#N)cc1. The smallest absolute Gasteiger partial charge is 0.148 e. The number of nitrogens with zero attached hydrogens (tertiary/aromatic N) is 2. The Morgan fingerprint density at radius 3 is 2.75 bits per heavy atom. The van der Waals surface area contributed by atoms with E-state index in [2.05, 4.69) is 23.3 Å². The van der Waals surface area contributed by atoms with Crippen LogP contribution in [0.25, 0.3) is 0 Å². The molecule has 0 saturated heterocycles. The molecule has 5 nitrogen and oxygen atoms in total. The standard InChI is InChI=1S/C15H16N4O/c1-2-7-20-14-5-3-13(4-6-14)19-15-11(9-16)8-12(17)10-18-15/h3-6,8,10H,2,7,17H2,1H3,(H,18,19). The van der Waals surface area contributed by atoms with Gasteiger partial charge in [-0.05, 0) is 36.8 Å². The van der Waals surface area contributed by atoms with Crippen LogP contribution >= 0.6 is 0 Å². The van der Waals surface area contributed by atoms with Gasteiger partial charge in [0.2, 0.25) is 0 Å². The second kappa shape index (κ2) is 6.43. The van der Waals surface area contributed by atoms with Gasteiger partial charge >= 0.3 is 0 Å². The summed E-state index contributed by atoms with van der Waals surface area (Å²) in [6.07, 6.45) is 2.49. The number of pyridine rings is 1. The lowest BCUT2D eigenvalue weighted by atomic mass is 10.2. The summed E-state index contributed by atoms with van der Waals surface area (Å²) >= 11 is 0. The molecule has 2 rings (SSSR count). The van der Waals surface area contributed by atoms with Gasteiger partial charge in [-0.15, -0.1) is 0 Å². The average molecular weight is 268 g/mol. The van der Waals surface area contributed by atoms with Gasteiger partial charge in [0.05, 0.1) is 24.1 Å². The van der Waals surface area contributed by atoms with Gasteiger partial charge in [0.1, 0.15) is 17.6 Å². The van der Waals surface area contributed by atoms with Gasteiger partial charge in [0, 0.05) is 5.69 Å². The largest absolute Gasteiger partial charge is 0.494 e. The molecule has 3 N–H and O–H groups in total. The van der Waals surface area contributed by atoms with Crippen molar-refractivity contribution in [3.63, 3.8) is 0 Å². The quantitative estimate of drug-likeness (QED) is 0.870. The monoisotopic (exact) mass is 268 g/mol. The first kappa shape index (κ1) is 13.7. The highest BCUT2D eigenvalue weighted by molar-refractivity contribution is 5.65. The van der Waals surface area contributed by atoms with Crippen LogP contribution in [-0.4, -0.2) is 11.6 Å². The lowest BCUT2D eigenvalue weighted by Gasteiger charge is -2.09. The minimum absolute atomic E-state index is 0.413. The summed E-state index contributed by atoms with van der Waals surface area (Å²) in [5.41, 5.74) is 7.32. The fraction of sp³-hybridized carbons (Fsp3) is 0.200. The van der Waals surface area contributed by atoms with Crippen LogP contribution in [0.1, 0.15) is 18.9 Å². The van der Waals surface area contributed by atoms with Crippen molar-refractivity contribution in [1.29, 1.82) is 5.26 Å². The van der Waals surface area contributed by atoms with E-state index in [9.17, 15) is 0 Å². The fourth-order valence-corrected chi connectivity index (χ4v) is 1.66. The molecule has 2 aromatic rings. The zero-order valence-corrected chi connectivity index (χ0v) is 11.3. The number of ether oxygens (including phenoxy) is 1. The highest BCUT2D eigenvalue weighted by Crippen LogP contribution is 2.22. The Balaban J connectivity index is 2.12. The van der Waals surface area contributed by atoms with Crippen LogP contribution in [0.5, 0.6) is 5.75 Å². The van der Waals surface area contributed by atoms with Gasteiger partial charge < -0.3 is 15.8 Å². The molecule has 0 unspecified atom stereocenters. The number of hydrogen-bond acceptors (Lipinski definition) is 5. The Hall–Kier alpha value is -2.74. The molecule has 0 aliphatic heterocycles. The second-order valence-electron chi connectivity index (χ2n) is 4.27. The predicted molar refractivity (Wildman–Crippen MR) is 78.9 cm³/mol. The Morgan fingerprint density at radius 2 is 2.10 bits per heavy atom. The number of rotatable bonds is 5. The van der Waals surface area contributed by atoms with Crippen molar-refractivity contribution < 1.29 is 4.74 Å². The summed E-state index contributed by atoms with van der Waals surface area (Å²) < 4.78 is 5.51. The summed E-state index contributed by atoms with van der Waals surface area (Å²) in [7, 11) is 0. The van der Waals surface area contributed by atoms with Gasteiger partial charge in [0.15, 0.2) is 0 Å². The first-order chi connectivity index (χ1) is 9.72. The average Bonchev–Trinajstić information content (AvgIpc) is 2.48. The number of nitrogens with one attached hydrogen (secondary N) is 1. The van der Waals surface area contributed by atoms with Crippen LogP contribution in [0.15, 0.2) is 36.5 Å². The molecule has 1 aromatic heterocycles. The second-order valence-corrected chi connectivity index (χ2v) is 4.27. The van der Waals surface area contributed by atoms with E-state index in [0.717, 1.165) is 17.9 Å². The third-order valence-electron chi connectivity index (χ3n) is 2.62. The van der Waals surface area contributed by atoms with E-state index in [4.69, 9.17) is 15.7 Å². The maximum atomic E-state index is 9.06. The third kappa shape index (κ3) is 3.39. The van der Waals surface area contributed by atoms with Crippen LogP contribution in [-0.2, 0) is 0 Å². The van der Waals surface area contributed by atoms with Crippen LogP contribution in [0.2, 0.25) is 0 Å². The third-order valence-corrected chi connectivity index (χ3v) is 2.62. The normalized spacial score (nSPS) is 9.80. The van der Waals surface area contributed by atoms with Gasteiger partial charge in [0.25, 0.3) is 0 Å². The van der Waals surface area contributed by atoms with E-state index in [-0.39, 0.29) is 0 Å². The number of benzene rings is 1. The number of aromatic nitrogens is 1. The Bertz CT molecular complexity index is 617. The molecule has 0 fully saturated rings. The maximum absolute atomic E-state index is 9.06. The van der Waals surface area contributed by atoms with Crippen molar-refractivity contribution in [2.45, 2.75) is 13.3 Å². The van der Waals surface area contributed by atoms with E-state index in [1.165, 1.54) is 6.20 Å². The molecule has 1 heterocycles. The molecular formula is C15H16N4O. The van der Waals surface area contributed by atoms with E-state index in [1.54, 1.807) is 6.07 Å².